The van der Waals surface area contributed by atoms with Gasteiger partial charge in [0.2, 0.25) is 0 Å². The molecule has 0 atom stereocenters. The molecular formula is C23H24ClN3O4S. The van der Waals surface area contributed by atoms with Crippen LogP contribution in [0.15, 0.2) is 41.8 Å². The molecule has 2 aromatic carbocycles. The fourth-order valence-corrected chi connectivity index (χ4v) is 4.42. The molecule has 1 aliphatic rings. The highest BCUT2D eigenvalue weighted by molar-refractivity contribution is 7.13. The first kappa shape index (κ1) is 22.4. The molecule has 0 unspecified atom stereocenters. The summed E-state index contributed by atoms with van der Waals surface area (Å²) in [6.45, 7) is 2.35. The van der Waals surface area contributed by atoms with E-state index in [1.54, 1.807) is 38.5 Å². The van der Waals surface area contributed by atoms with E-state index in [0.717, 1.165) is 36.7 Å². The summed E-state index contributed by atoms with van der Waals surface area (Å²) in [6.07, 6.45) is 0.936. The second kappa shape index (κ2) is 10.2. The third-order valence-electron chi connectivity index (χ3n) is 5.16. The quantitative estimate of drug-likeness (QED) is 0.523. The zero-order valence-electron chi connectivity index (χ0n) is 17.9. The predicted octanol–water partition coefficient (Wildman–Crippen LogP) is 4.39. The number of nitrogens with zero attached hydrogens (tertiary/aromatic N) is 2. The second-order valence-electron chi connectivity index (χ2n) is 7.37. The van der Waals surface area contributed by atoms with E-state index < -0.39 is 0 Å². The number of hydrogen-bond donors (Lipinski definition) is 1. The summed E-state index contributed by atoms with van der Waals surface area (Å²) in [6, 6.07) is 11.0. The van der Waals surface area contributed by atoms with Gasteiger partial charge in [0.05, 0.1) is 19.9 Å². The smallest absolute Gasteiger partial charge is 0.264 e. The van der Waals surface area contributed by atoms with Gasteiger partial charge in [0.1, 0.15) is 5.75 Å². The number of rotatable bonds is 8. The Bertz CT molecular complexity index is 1090. The number of aromatic nitrogens is 1. The van der Waals surface area contributed by atoms with Crippen molar-refractivity contribution in [2.24, 2.45) is 0 Å². The first-order valence-electron chi connectivity index (χ1n) is 10.1. The van der Waals surface area contributed by atoms with Gasteiger partial charge in [0, 0.05) is 30.0 Å². The standard InChI is InChI=1S/C23H24ClN3O4S/c1-29-20-9-15-7-8-27(11-16(15)10-21(20)30-2)12-18-14-32-23(25-18)26-22(28)13-31-19-5-3-17(24)4-6-19/h3-6,9-10,14H,7-8,11-13H2,1-2H3,(H,25,26,28). The van der Waals surface area contributed by atoms with E-state index in [1.165, 1.54) is 22.5 Å². The third-order valence-corrected chi connectivity index (χ3v) is 6.22. The highest BCUT2D eigenvalue weighted by atomic mass is 35.5. The summed E-state index contributed by atoms with van der Waals surface area (Å²) < 4.78 is 16.3. The number of anilines is 1. The number of carbonyl (C=O) groups is 1. The molecule has 0 fully saturated rings. The first-order chi connectivity index (χ1) is 15.5. The number of hydrogen-bond acceptors (Lipinski definition) is 7. The SMILES string of the molecule is COc1cc2c(cc1OC)CN(Cc1csc(NC(=O)COc3ccc(Cl)cc3)n1)CC2. The van der Waals surface area contributed by atoms with Gasteiger partial charge in [-0.15, -0.1) is 11.3 Å². The van der Waals surface area contributed by atoms with Crippen molar-refractivity contribution in [3.8, 4) is 17.2 Å². The number of methoxy groups -OCH3 is 2. The summed E-state index contributed by atoms with van der Waals surface area (Å²) in [5, 5.41) is 5.95. The van der Waals surface area contributed by atoms with Crippen LogP contribution in [-0.2, 0) is 24.3 Å². The number of fused-ring (bicyclic) bond motifs is 1. The Morgan fingerprint density at radius 2 is 1.88 bits per heavy atom. The van der Waals surface area contributed by atoms with Crippen LogP contribution in [0.3, 0.4) is 0 Å². The minimum absolute atomic E-state index is 0.0925. The van der Waals surface area contributed by atoms with Crippen LogP contribution < -0.4 is 19.5 Å². The number of carbonyl (C=O) groups excluding carboxylic acids is 1. The Balaban J connectivity index is 1.30. The molecule has 168 valence electrons. The molecule has 0 saturated carbocycles. The Hall–Kier alpha value is -2.81. The lowest BCUT2D eigenvalue weighted by Crippen LogP contribution is -2.30. The molecular weight excluding hydrogens is 450 g/mol. The normalized spacial score (nSPS) is 13.3. The largest absolute Gasteiger partial charge is 0.493 e. The van der Waals surface area contributed by atoms with E-state index in [9.17, 15) is 4.79 Å². The molecule has 0 saturated heterocycles. The van der Waals surface area contributed by atoms with E-state index >= 15 is 0 Å². The topological polar surface area (TPSA) is 72.9 Å². The molecule has 0 aliphatic carbocycles. The molecule has 1 aliphatic heterocycles. The number of thiazole rings is 1. The lowest BCUT2D eigenvalue weighted by molar-refractivity contribution is -0.118. The summed E-state index contributed by atoms with van der Waals surface area (Å²) in [5.74, 6) is 1.84. The van der Waals surface area contributed by atoms with Gasteiger partial charge in [-0.25, -0.2) is 4.98 Å². The van der Waals surface area contributed by atoms with Gasteiger partial charge >= 0.3 is 0 Å². The molecule has 0 radical (unpaired) electrons. The van der Waals surface area contributed by atoms with Gasteiger partial charge < -0.3 is 14.2 Å². The van der Waals surface area contributed by atoms with Crippen molar-refractivity contribution < 1.29 is 19.0 Å². The highest BCUT2D eigenvalue weighted by Gasteiger charge is 2.20. The van der Waals surface area contributed by atoms with E-state index in [-0.39, 0.29) is 12.5 Å². The molecule has 32 heavy (non-hydrogen) atoms. The van der Waals surface area contributed by atoms with Crippen molar-refractivity contribution in [2.75, 3.05) is 32.7 Å². The summed E-state index contributed by atoms with van der Waals surface area (Å²) >= 11 is 7.26. The van der Waals surface area contributed by atoms with Crippen molar-refractivity contribution in [1.29, 1.82) is 0 Å². The lowest BCUT2D eigenvalue weighted by Gasteiger charge is -2.29. The fourth-order valence-electron chi connectivity index (χ4n) is 3.58. The number of halogens is 1. The maximum atomic E-state index is 12.2. The number of amides is 1. The van der Waals surface area contributed by atoms with Gasteiger partial charge in [-0.3, -0.25) is 15.0 Å². The summed E-state index contributed by atoms with van der Waals surface area (Å²) in [5.41, 5.74) is 3.44. The maximum Gasteiger partial charge on any atom is 0.264 e. The van der Waals surface area contributed by atoms with Gasteiger partial charge in [0.15, 0.2) is 23.2 Å². The van der Waals surface area contributed by atoms with Crippen LogP contribution >= 0.6 is 22.9 Å². The maximum absolute atomic E-state index is 12.2. The molecule has 1 aromatic heterocycles. The Morgan fingerprint density at radius 3 is 2.59 bits per heavy atom. The first-order valence-corrected chi connectivity index (χ1v) is 11.4. The summed E-state index contributed by atoms with van der Waals surface area (Å²) in [7, 11) is 3.30. The Morgan fingerprint density at radius 1 is 1.16 bits per heavy atom. The van der Waals surface area contributed by atoms with Gasteiger partial charge in [-0.2, -0.15) is 0 Å². The van der Waals surface area contributed by atoms with Gasteiger partial charge in [0.25, 0.3) is 5.91 Å². The van der Waals surface area contributed by atoms with Crippen molar-refractivity contribution >= 4 is 34.0 Å². The van der Waals surface area contributed by atoms with Crippen molar-refractivity contribution in [2.45, 2.75) is 19.5 Å². The average molecular weight is 474 g/mol. The molecule has 7 nitrogen and oxygen atoms in total. The molecule has 3 aromatic rings. The molecule has 9 heteroatoms. The number of benzene rings is 2. The average Bonchev–Trinajstić information content (AvgIpc) is 3.24. The van der Waals surface area contributed by atoms with E-state index in [2.05, 4.69) is 21.3 Å². The minimum Gasteiger partial charge on any atom is -0.493 e. The van der Waals surface area contributed by atoms with Crippen LogP contribution in [0.5, 0.6) is 17.2 Å². The molecule has 1 N–H and O–H groups in total. The molecule has 1 amide bonds. The van der Waals surface area contributed by atoms with E-state index in [1.807, 2.05) is 11.4 Å². The van der Waals surface area contributed by atoms with Crippen LogP contribution in [0.4, 0.5) is 5.13 Å². The van der Waals surface area contributed by atoms with Crippen LogP contribution in [0.2, 0.25) is 5.02 Å². The Kier molecular flexibility index (Phi) is 7.14. The zero-order chi connectivity index (χ0) is 22.5. The summed E-state index contributed by atoms with van der Waals surface area (Å²) in [4.78, 5) is 19.1. The van der Waals surface area contributed by atoms with Crippen molar-refractivity contribution in [3.63, 3.8) is 0 Å². The highest BCUT2D eigenvalue weighted by Crippen LogP contribution is 2.33. The molecule has 2 heterocycles. The predicted molar refractivity (Wildman–Crippen MR) is 125 cm³/mol. The third kappa shape index (κ3) is 5.51. The second-order valence-corrected chi connectivity index (χ2v) is 8.67. The number of ether oxygens (including phenoxy) is 3. The van der Waals surface area contributed by atoms with E-state index in [4.69, 9.17) is 25.8 Å². The molecule has 0 spiro atoms. The monoisotopic (exact) mass is 473 g/mol. The Labute approximate surface area is 195 Å². The van der Waals surface area contributed by atoms with Crippen molar-refractivity contribution in [3.05, 3.63) is 63.6 Å². The van der Waals surface area contributed by atoms with Crippen LogP contribution in [-0.4, -0.2) is 43.2 Å². The lowest BCUT2D eigenvalue weighted by atomic mass is 9.98. The minimum atomic E-state index is -0.256. The fraction of sp³-hybridized carbons (Fsp3) is 0.304. The van der Waals surface area contributed by atoms with Crippen LogP contribution in [0.1, 0.15) is 16.8 Å². The van der Waals surface area contributed by atoms with Gasteiger partial charge in [-0.05, 0) is 53.9 Å². The number of nitrogens with one attached hydrogen (secondary N) is 1. The zero-order valence-corrected chi connectivity index (χ0v) is 19.5. The van der Waals surface area contributed by atoms with Crippen molar-refractivity contribution in [1.82, 2.24) is 9.88 Å². The molecule has 4 rings (SSSR count). The van der Waals surface area contributed by atoms with E-state index in [0.29, 0.717) is 22.4 Å². The van der Waals surface area contributed by atoms with Gasteiger partial charge in [-0.1, -0.05) is 11.6 Å². The van der Waals surface area contributed by atoms with Crippen LogP contribution in [0, 0.1) is 0 Å². The molecule has 0 bridgehead atoms. The van der Waals surface area contributed by atoms with Crippen LogP contribution in [0.25, 0.3) is 0 Å².